The number of aromatic nitrogens is 2. The van der Waals surface area contributed by atoms with Crippen LogP contribution in [0, 0.1) is 5.82 Å². The minimum absolute atomic E-state index is 0.0734. The molecule has 6 nitrogen and oxygen atoms in total. The van der Waals surface area contributed by atoms with Crippen LogP contribution in [0.2, 0.25) is 5.02 Å². The van der Waals surface area contributed by atoms with Crippen LogP contribution in [0.25, 0.3) is 0 Å². The molecule has 1 aromatic heterocycles. The van der Waals surface area contributed by atoms with Crippen molar-refractivity contribution in [3.63, 3.8) is 0 Å². The summed E-state index contributed by atoms with van der Waals surface area (Å²) in [6.07, 6.45) is 3.00. The number of ether oxygens (including phenoxy) is 1. The number of hydrogen-bond acceptors (Lipinski definition) is 6. The number of anilines is 2. The second-order valence-electron chi connectivity index (χ2n) is 5.82. The maximum Gasteiger partial charge on any atom is 0.340 e. The zero-order chi connectivity index (χ0) is 20.3. The van der Waals surface area contributed by atoms with Gasteiger partial charge in [0.05, 0.1) is 30.8 Å². The number of methoxy groups -OCH3 is 1. The van der Waals surface area contributed by atoms with Crippen LogP contribution in [-0.2, 0) is 4.74 Å². The number of carbonyl (C=O) groups excluding carboxylic acids is 2. The van der Waals surface area contributed by atoms with Gasteiger partial charge < -0.3 is 9.64 Å². The lowest BCUT2D eigenvalue weighted by molar-refractivity contribution is 0.0595. The molecule has 0 amide bonds. The SMILES string of the molecule is COC(=O)c1cc(C(=O)c2ncc(N(C)c3ccc(Cl)cc3)cn2)ccc1F. The summed E-state index contributed by atoms with van der Waals surface area (Å²) < 4.78 is 18.3. The first-order valence-corrected chi connectivity index (χ1v) is 8.52. The largest absolute Gasteiger partial charge is 0.465 e. The third-order valence-corrected chi connectivity index (χ3v) is 4.33. The zero-order valence-corrected chi connectivity index (χ0v) is 15.8. The summed E-state index contributed by atoms with van der Waals surface area (Å²) in [5.41, 5.74) is 1.29. The maximum atomic E-state index is 13.7. The second-order valence-corrected chi connectivity index (χ2v) is 6.25. The molecule has 28 heavy (non-hydrogen) atoms. The summed E-state index contributed by atoms with van der Waals surface area (Å²) in [7, 11) is 2.96. The van der Waals surface area contributed by atoms with E-state index in [9.17, 15) is 14.0 Å². The molecule has 0 saturated carbocycles. The third-order valence-electron chi connectivity index (χ3n) is 4.08. The first-order chi connectivity index (χ1) is 13.4. The third kappa shape index (κ3) is 3.99. The molecule has 1 heterocycles. The molecule has 0 saturated heterocycles. The number of ketones is 1. The Bertz CT molecular complexity index is 1020. The first-order valence-electron chi connectivity index (χ1n) is 8.14. The fourth-order valence-corrected chi connectivity index (χ4v) is 2.61. The van der Waals surface area contributed by atoms with Gasteiger partial charge in [-0.1, -0.05) is 11.6 Å². The van der Waals surface area contributed by atoms with Gasteiger partial charge >= 0.3 is 5.97 Å². The molecule has 0 atom stereocenters. The van der Waals surface area contributed by atoms with E-state index in [1.54, 1.807) is 12.1 Å². The van der Waals surface area contributed by atoms with Gasteiger partial charge in [-0.2, -0.15) is 0 Å². The van der Waals surface area contributed by atoms with Crippen LogP contribution >= 0.6 is 11.6 Å². The predicted molar refractivity (Wildman–Crippen MR) is 103 cm³/mol. The van der Waals surface area contributed by atoms with Crippen molar-refractivity contribution in [2.75, 3.05) is 19.1 Å². The smallest absolute Gasteiger partial charge is 0.340 e. The van der Waals surface area contributed by atoms with E-state index >= 15 is 0 Å². The Kier molecular flexibility index (Phi) is 5.65. The van der Waals surface area contributed by atoms with Crippen LogP contribution in [0.1, 0.15) is 26.5 Å². The molecule has 8 heteroatoms. The lowest BCUT2D eigenvalue weighted by atomic mass is 10.1. The molecule has 0 aliphatic carbocycles. The standard InChI is InChI=1S/C20H15ClFN3O3/c1-25(14-6-4-13(21)5-7-14)15-10-23-19(24-11-15)18(26)12-3-8-17(22)16(9-12)20(27)28-2/h3-11H,1-2H3. The highest BCUT2D eigenvalue weighted by molar-refractivity contribution is 6.30. The summed E-state index contributed by atoms with van der Waals surface area (Å²) in [6, 6.07) is 10.6. The van der Waals surface area contributed by atoms with Crippen molar-refractivity contribution >= 4 is 34.7 Å². The van der Waals surface area contributed by atoms with E-state index in [0.29, 0.717) is 10.7 Å². The molecule has 0 radical (unpaired) electrons. The minimum atomic E-state index is -0.868. The molecular formula is C20H15ClFN3O3. The van der Waals surface area contributed by atoms with Crippen molar-refractivity contribution < 1.29 is 18.7 Å². The molecular weight excluding hydrogens is 385 g/mol. The fourth-order valence-electron chi connectivity index (χ4n) is 2.49. The average Bonchev–Trinajstić information content (AvgIpc) is 2.73. The van der Waals surface area contributed by atoms with Crippen LogP contribution in [0.5, 0.6) is 0 Å². The van der Waals surface area contributed by atoms with E-state index in [2.05, 4.69) is 14.7 Å². The van der Waals surface area contributed by atoms with Crippen LogP contribution in [0.3, 0.4) is 0 Å². The topological polar surface area (TPSA) is 72.4 Å². The normalized spacial score (nSPS) is 10.4. The van der Waals surface area contributed by atoms with Crippen molar-refractivity contribution in [3.8, 4) is 0 Å². The van der Waals surface area contributed by atoms with Crippen LogP contribution < -0.4 is 4.90 Å². The van der Waals surface area contributed by atoms with E-state index in [4.69, 9.17) is 11.6 Å². The van der Waals surface area contributed by atoms with Gasteiger partial charge in [-0.05, 0) is 42.5 Å². The van der Waals surface area contributed by atoms with Gasteiger partial charge in [0.15, 0.2) is 0 Å². The highest BCUT2D eigenvalue weighted by Crippen LogP contribution is 2.24. The Labute approximate surface area is 165 Å². The molecule has 2 aromatic carbocycles. The predicted octanol–water partition coefficient (Wildman–Crippen LogP) is 4.05. The van der Waals surface area contributed by atoms with E-state index < -0.39 is 17.6 Å². The quantitative estimate of drug-likeness (QED) is 0.476. The monoisotopic (exact) mass is 399 g/mol. The number of carbonyl (C=O) groups is 2. The van der Waals surface area contributed by atoms with E-state index in [-0.39, 0.29) is 17.0 Å². The molecule has 0 aliphatic rings. The molecule has 142 valence electrons. The van der Waals surface area contributed by atoms with Crippen LogP contribution in [0.15, 0.2) is 54.9 Å². The molecule has 3 rings (SSSR count). The van der Waals surface area contributed by atoms with Crippen molar-refractivity contribution in [1.82, 2.24) is 9.97 Å². The summed E-state index contributed by atoms with van der Waals surface area (Å²) in [6.45, 7) is 0. The number of nitrogens with zero attached hydrogens (tertiary/aromatic N) is 3. The van der Waals surface area contributed by atoms with Crippen molar-refractivity contribution in [3.05, 3.63) is 82.6 Å². The Morgan fingerprint density at radius 3 is 2.29 bits per heavy atom. The molecule has 0 spiro atoms. The highest BCUT2D eigenvalue weighted by Gasteiger charge is 2.18. The molecule has 0 fully saturated rings. The molecule has 0 N–H and O–H groups in total. The Balaban J connectivity index is 1.84. The minimum Gasteiger partial charge on any atom is -0.465 e. The Hall–Kier alpha value is -3.32. The molecule has 0 bridgehead atoms. The van der Waals surface area contributed by atoms with Gasteiger partial charge in [0.2, 0.25) is 11.6 Å². The number of benzene rings is 2. The summed E-state index contributed by atoms with van der Waals surface area (Å²) >= 11 is 5.89. The average molecular weight is 400 g/mol. The van der Waals surface area contributed by atoms with Crippen molar-refractivity contribution in [2.45, 2.75) is 0 Å². The summed E-state index contributed by atoms with van der Waals surface area (Å²) in [4.78, 5) is 34.2. The van der Waals surface area contributed by atoms with Gasteiger partial charge in [-0.15, -0.1) is 0 Å². The zero-order valence-electron chi connectivity index (χ0n) is 15.0. The number of hydrogen-bond donors (Lipinski definition) is 0. The van der Waals surface area contributed by atoms with Crippen LogP contribution in [0.4, 0.5) is 15.8 Å². The molecule has 0 unspecified atom stereocenters. The number of rotatable bonds is 5. The molecule has 0 aliphatic heterocycles. The van der Waals surface area contributed by atoms with Crippen LogP contribution in [-0.4, -0.2) is 35.9 Å². The molecule has 3 aromatic rings. The Morgan fingerprint density at radius 2 is 1.68 bits per heavy atom. The van der Waals surface area contributed by atoms with Gasteiger partial charge in [0.1, 0.15) is 5.82 Å². The van der Waals surface area contributed by atoms with Gasteiger partial charge in [0.25, 0.3) is 0 Å². The van der Waals surface area contributed by atoms with E-state index in [1.807, 2.05) is 24.1 Å². The first kappa shape index (κ1) is 19.4. The lowest BCUT2D eigenvalue weighted by Gasteiger charge is -2.18. The Morgan fingerprint density at radius 1 is 1.04 bits per heavy atom. The maximum absolute atomic E-state index is 13.7. The summed E-state index contributed by atoms with van der Waals surface area (Å²) in [5, 5.41) is 0.625. The summed E-state index contributed by atoms with van der Waals surface area (Å²) in [5.74, 6) is -2.25. The van der Waals surface area contributed by atoms with Gasteiger partial charge in [-0.25, -0.2) is 19.2 Å². The number of esters is 1. The van der Waals surface area contributed by atoms with E-state index in [0.717, 1.165) is 24.9 Å². The fraction of sp³-hybridized carbons (Fsp3) is 0.100. The van der Waals surface area contributed by atoms with Crippen molar-refractivity contribution in [2.24, 2.45) is 0 Å². The van der Waals surface area contributed by atoms with Gasteiger partial charge in [0, 0.05) is 23.3 Å². The van der Waals surface area contributed by atoms with E-state index in [1.165, 1.54) is 18.5 Å². The highest BCUT2D eigenvalue weighted by atomic mass is 35.5. The van der Waals surface area contributed by atoms with Crippen molar-refractivity contribution in [1.29, 1.82) is 0 Å². The second kappa shape index (κ2) is 8.14. The lowest BCUT2D eigenvalue weighted by Crippen LogP contribution is -2.13. The number of halogens is 2. The van der Waals surface area contributed by atoms with Gasteiger partial charge in [-0.3, -0.25) is 4.79 Å².